The summed E-state index contributed by atoms with van der Waals surface area (Å²) in [5.41, 5.74) is 1.15. The van der Waals surface area contributed by atoms with Crippen LogP contribution in [0.3, 0.4) is 0 Å². The molecule has 1 aromatic rings. The summed E-state index contributed by atoms with van der Waals surface area (Å²) >= 11 is 3.44. The molecule has 0 radical (unpaired) electrons. The summed E-state index contributed by atoms with van der Waals surface area (Å²) in [7, 11) is 1.71. The van der Waals surface area contributed by atoms with Gasteiger partial charge in [-0.1, -0.05) is 0 Å². The number of methoxy groups -OCH3 is 1. The van der Waals surface area contributed by atoms with E-state index >= 15 is 0 Å². The van der Waals surface area contributed by atoms with Crippen molar-refractivity contribution in [3.05, 3.63) is 22.3 Å². The number of nitrogens with zero attached hydrogens (tertiary/aromatic N) is 2. The van der Waals surface area contributed by atoms with Crippen molar-refractivity contribution < 1.29 is 9.84 Å². The van der Waals surface area contributed by atoms with E-state index in [9.17, 15) is 5.11 Å². The van der Waals surface area contributed by atoms with E-state index < -0.39 is 0 Å². The van der Waals surface area contributed by atoms with Crippen LogP contribution in [-0.4, -0.2) is 42.5 Å². The number of aryl methyl sites for hydroxylation is 1. The van der Waals surface area contributed by atoms with E-state index in [1.165, 1.54) is 0 Å². The molecular weight excluding hydrogens is 284 g/mol. The Morgan fingerprint density at radius 1 is 1.65 bits per heavy atom. The van der Waals surface area contributed by atoms with Gasteiger partial charge in [0.05, 0.1) is 18.8 Å². The van der Waals surface area contributed by atoms with Crippen molar-refractivity contribution in [1.29, 1.82) is 0 Å². The minimum atomic E-state index is 0.105. The maximum atomic E-state index is 9.40. The predicted octanol–water partition coefficient (Wildman–Crippen LogP) is 1.74. The highest BCUT2D eigenvalue weighted by Crippen LogP contribution is 2.27. The zero-order chi connectivity index (χ0) is 12.4. The fraction of sp³-hybridized carbons (Fsp3) is 0.583. The Morgan fingerprint density at radius 2 is 2.41 bits per heavy atom. The number of ether oxygens (including phenoxy) is 1. The van der Waals surface area contributed by atoms with Crippen LogP contribution in [0.25, 0.3) is 0 Å². The van der Waals surface area contributed by atoms with Crippen LogP contribution in [-0.2, 0) is 4.74 Å². The third kappa shape index (κ3) is 2.61. The first-order chi connectivity index (χ1) is 8.15. The van der Waals surface area contributed by atoms with Gasteiger partial charge in [-0.3, -0.25) is 0 Å². The van der Waals surface area contributed by atoms with Crippen molar-refractivity contribution >= 4 is 21.7 Å². The second kappa shape index (κ2) is 5.33. The molecule has 0 saturated carbocycles. The van der Waals surface area contributed by atoms with Crippen LogP contribution in [0.1, 0.15) is 12.0 Å². The quantitative estimate of drug-likeness (QED) is 0.924. The topological polar surface area (TPSA) is 45.6 Å². The normalized spacial score (nSPS) is 24.4. The summed E-state index contributed by atoms with van der Waals surface area (Å²) in [4.78, 5) is 6.52. The third-order valence-corrected chi connectivity index (χ3v) is 4.08. The molecular formula is C12H17BrN2O2. The van der Waals surface area contributed by atoms with Gasteiger partial charge in [0, 0.05) is 24.3 Å². The van der Waals surface area contributed by atoms with Gasteiger partial charge in [0.25, 0.3) is 0 Å². The SMILES string of the molecule is CO[C@H]1C[C@@H](CO)N(c2cc(C)c(Br)cn2)C1. The van der Waals surface area contributed by atoms with Crippen LogP contribution in [0, 0.1) is 6.92 Å². The van der Waals surface area contributed by atoms with E-state index in [0.29, 0.717) is 0 Å². The molecule has 1 fully saturated rings. The van der Waals surface area contributed by atoms with Crippen molar-refractivity contribution in [1.82, 2.24) is 4.98 Å². The molecule has 94 valence electrons. The first-order valence-electron chi connectivity index (χ1n) is 5.68. The fourth-order valence-electron chi connectivity index (χ4n) is 2.18. The fourth-order valence-corrected chi connectivity index (χ4v) is 2.40. The predicted molar refractivity (Wildman–Crippen MR) is 70.3 cm³/mol. The second-order valence-electron chi connectivity index (χ2n) is 4.37. The molecule has 2 rings (SSSR count). The first kappa shape index (κ1) is 12.8. The Balaban J connectivity index is 2.23. The van der Waals surface area contributed by atoms with E-state index in [-0.39, 0.29) is 18.8 Å². The Morgan fingerprint density at radius 3 is 3.00 bits per heavy atom. The lowest BCUT2D eigenvalue weighted by Crippen LogP contribution is -2.33. The average Bonchev–Trinajstić information content (AvgIpc) is 2.76. The molecule has 4 nitrogen and oxygen atoms in total. The summed E-state index contributed by atoms with van der Waals surface area (Å²) in [5, 5.41) is 9.40. The lowest BCUT2D eigenvalue weighted by molar-refractivity contribution is 0.115. The zero-order valence-corrected chi connectivity index (χ0v) is 11.6. The Kier molecular flexibility index (Phi) is 4.01. The van der Waals surface area contributed by atoms with Gasteiger partial charge in [0.2, 0.25) is 0 Å². The molecule has 1 aliphatic heterocycles. The number of hydrogen-bond acceptors (Lipinski definition) is 4. The minimum Gasteiger partial charge on any atom is -0.394 e. The van der Waals surface area contributed by atoms with Crippen LogP contribution in [0.15, 0.2) is 16.7 Å². The summed E-state index contributed by atoms with van der Waals surface area (Å²) in [6.45, 7) is 2.96. The van der Waals surface area contributed by atoms with E-state index in [0.717, 1.165) is 28.8 Å². The maximum absolute atomic E-state index is 9.40. The van der Waals surface area contributed by atoms with Gasteiger partial charge in [-0.2, -0.15) is 0 Å². The smallest absolute Gasteiger partial charge is 0.129 e. The van der Waals surface area contributed by atoms with E-state index in [2.05, 4.69) is 25.8 Å². The molecule has 1 saturated heterocycles. The van der Waals surface area contributed by atoms with Crippen LogP contribution in [0.2, 0.25) is 0 Å². The van der Waals surface area contributed by atoms with Gasteiger partial charge >= 0.3 is 0 Å². The highest BCUT2D eigenvalue weighted by atomic mass is 79.9. The van der Waals surface area contributed by atoms with Crippen molar-refractivity contribution in [3.8, 4) is 0 Å². The number of pyridine rings is 1. The standard InChI is InChI=1S/C12H17BrN2O2/c1-8-3-12(14-5-11(8)13)15-6-10(17-2)4-9(15)7-16/h3,5,9-10,16H,4,6-7H2,1-2H3/t9-,10-/m0/s1. The second-order valence-corrected chi connectivity index (χ2v) is 5.23. The summed E-state index contributed by atoms with van der Waals surface area (Å²) in [5.74, 6) is 0.907. The molecule has 0 aliphatic carbocycles. The molecule has 0 bridgehead atoms. The molecule has 0 spiro atoms. The van der Waals surface area contributed by atoms with Crippen LogP contribution < -0.4 is 4.90 Å². The number of aliphatic hydroxyl groups is 1. The molecule has 0 aromatic carbocycles. The molecule has 2 atom stereocenters. The van der Waals surface area contributed by atoms with Crippen molar-refractivity contribution in [3.63, 3.8) is 0 Å². The van der Waals surface area contributed by atoms with Gasteiger partial charge in [-0.15, -0.1) is 0 Å². The number of halogens is 1. The number of hydrogen-bond donors (Lipinski definition) is 1. The first-order valence-corrected chi connectivity index (χ1v) is 6.47. The maximum Gasteiger partial charge on any atom is 0.129 e. The third-order valence-electron chi connectivity index (χ3n) is 3.25. The molecule has 1 aliphatic rings. The van der Waals surface area contributed by atoms with Gasteiger partial charge < -0.3 is 14.7 Å². The lowest BCUT2D eigenvalue weighted by Gasteiger charge is -2.24. The van der Waals surface area contributed by atoms with Gasteiger partial charge in [0.15, 0.2) is 0 Å². The van der Waals surface area contributed by atoms with E-state index in [1.807, 2.05) is 13.0 Å². The average molecular weight is 301 g/mol. The van der Waals surface area contributed by atoms with Crippen molar-refractivity contribution in [2.75, 3.05) is 25.2 Å². The molecule has 5 heteroatoms. The molecule has 17 heavy (non-hydrogen) atoms. The number of aromatic nitrogens is 1. The monoisotopic (exact) mass is 300 g/mol. The van der Waals surface area contributed by atoms with Gasteiger partial charge in [-0.05, 0) is 40.9 Å². The number of aliphatic hydroxyl groups excluding tert-OH is 1. The summed E-state index contributed by atoms with van der Waals surface area (Å²) < 4.78 is 6.36. The summed E-state index contributed by atoms with van der Waals surface area (Å²) in [6.07, 6.45) is 2.83. The Hall–Kier alpha value is -0.650. The molecule has 0 unspecified atom stereocenters. The highest BCUT2D eigenvalue weighted by molar-refractivity contribution is 9.10. The van der Waals surface area contributed by atoms with Crippen molar-refractivity contribution in [2.45, 2.75) is 25.5 Å². The van der Waals surface area contributed by atoms with E-state index in [4.69, 9.17) is 4.74 Å². The van der Waals surface area contributed by atoms with Gasteiger partial charge in [-0.25, -0.2) is 4.98 Å². The molecule has 1 aromatic heterocycles. The molecule has 1 N–H and O–H groups in total. The number of rotatable bonds is 3. The minimum absolute atomic E-state index is 0.105. The summed E-state index contributed by atoms with van der Waals surface area (Å²) in [6, 6.07) is 2.14. The Bertz CT molecular complexity index is 400. The van der Waals surface area contributed by atoms with E-state index in [1.54, 1.807) is 13.3 Å². The molecule has 0 amide bonds. The van der Waals surface area contributed by atoms with Crippen LogP contribution in [0.5, 0.6) is 0 Å². The number of anilines is 1. The lowest BCUT2D eigenvalue weighted by atomic mass is 10.2. The van der Waals surface area contributed by atoms with Crippen LogP contribution >= 0.6 is 15.9 Å². The van der Waals surface area contributed by atoms with Crippen LogP contribution in [0.4, 0.5) is 5.82 Å². The largest absolute Gasteiger partial charge is 0.394 e. The zero-order valence-electron chi connectivity index (χ0n) is 10.1. The van der Waals surface area contributed by atoms with Gasteiger partial charge in [0.1, 0.15) is 5.82 Å². The Labute approximate surface area is 110 Å². The van der Waals surface area contributed by atoms with Crippen molar-refractivity contribution in [2.24, 2.45) is 0 Å². The molecule has 2 heterocycles. The highest BCUT2D eigenvalue weighted by Gasteiger charge is 2.32.